The van der Waals surface area contributed by atoms with E-state index in [0.717, 1.165) is 19.6 Å². The van der Waals surface area contributed by atoms with E-state index in [9.17, 15) is 14.5 Å². The van der Waals surface area contributed by atoms with Crippen LogP contribution >= 0.6 is 0 Å². The number of hydrogen-bond donors (Lipinski definition) is 1. The summed E-state index contributed by atoms with van der Waals surface area (Å²) in [5, 5.41) is 13.9. The van der Waals surface area contributed by atoms with E-state index in [1.165, 1.54) is 12.1 Å². The van der Waals surface area contributed by atoms with Crippen LogP contribution in [-0.4, -0.2) is 35.5 Å². The summed E-state index contributed by atoms with van der Waals surface area (Å²) in [5.41, 5.74) is -0.0618. The Bertz CT molecular complexity index is 453. The Kier molecular flexibility index (Phi) is 3.88. The highest BCUT2D eigenvalue weighted by atomic mass is 19.1. The molecule has 1 aromatic rings. The molecule has 98 valence electrons. The molecule has 0 aliphatic carbocycles. The van der Waals surface area contributed by atoms with E-state index in [1.807, 2.05) is 0 Å². The minimum absolute atomic E-state index is 0.303. The summed E-state index contributed by atoms with van der Waals surface area (Å²) >= 11 is 0. The molecule has 0 spiro atoms. The molecule has 1 atom stereocenters. The summed E-state index contributed by atoms with van der Waals surface area (Å²) in [4.78, 5) is 12.1. The molecule has 2 rings (SSSR count). The van der Waals surface area contributed by atoms with Gasteiger partial charge in [0.25, 0.3) is 0 Å². The highest BCUT2D eigenvalue weighted by Gasteiger charge is 2.22. The van der Waals surface area contributed by atoms with Gasteiger partial charge >= 0.3 is 5.69 Å². The highest BCUT2D eigenvalue weighted by molar-refractivity contribution is 5.36. The fraction of sp³-hybridized carbons (Fsp3) is 0.500. The van der Waals surface area contributed by atoms with Crippen LogP contribution in [0.15, 0.2) is 18.2 Å². The van der Waals surface area contributed by atoms with Crippen LogP contribution in [0, 0.1) is 15.9 Å². The maximum Gasteiger partial charge on any atom is 0.305 e. The fourth-order valence-electron chi connectivity index (χ4n) is 2.17. The molecule has 6 heteroatoms. The molecule has 18 heavy (non-hydrogen) atoms. The van der Waals surface area contributed by atoms with Gasteiger partial charge in [-0.05, 0) is 6.92 Å². The van der Waals surface area contributed by atoms with Gasteiger partial charge in [-0.3, -0.25) is 15.0 Å². The van der Waals surface area contributed by atoms with Crippen molar-refractivity contribution in [3.05, 3.63) is 39.7 Å². The second kappa shape index (κ2) is 5.41. The van der Waals surface area contributed by atoms with E-state index in [4.69, 9.17) is 0 Å². The Morgan fingerprint density at radius 3 is 3.06 bits per heavy atom. The number of rotatable bonds is 3. The minimum Gasteiger partial charge on any atom is -0.314 e. The molecule has 1 aliphatic rings. The van der Waals surface area contributed by atoms with Gasteiger partial charge in [-0.15, -0.1) is 0 Å². The molecule has 0 amide bonds. The molecular weight excluding hydrogens is 237 g/mol. The Balaban J connectivity index is 2.18. The molecule has 0 unspecified atom stereocenters. The number of hydrogen-bond acceptors (Lipinski definition) is 4. The van der Waals surface area contributed by atoms with Crippen molar-refractivity contribution < 1.29 is 9.31 Å². The summed E-state index contributed by atoms with van der Waals surface area (Å²) in [7, 11) is 0. The van der Waals surface area contributed by atoms with Gasteiger partial charge in [0.1, 0.15) is 0 Å². The summed E-state index contributed by atoms with van der Waals surface area (Å²) in [6.07, 6.45) is 0. The summed E-state index contributed by atoms with van der Waals surface area (Å²) in [5.74, 6) is -0.715. The number of nitrogens with zero attached hydrogens (tertiary/aromatic N) is 2. The molecule has 5 nitrogen and oxygen atoms in total. The van der Waals surface area contributed by atoms with Crippen LogP contribution in [0.1, 0.15) is 12.5 Å². The molecule has 0 bridgehead atoms. The molecule has 0 radical (unpaired) electrons. The lowest BCUT2D eigenvalue weighted by Crippen LogP contribution is -2.49. The van der Waals surface area contributed by atoms with Gasteiger partial charge in [0.05, 0.1) is 4.92 Å². The predicted molar refractivity (Wildman–Crippen MR) is 65.8 cm³/mol. The quantitative estimate of drug-likeness (QED) is 0.655. The van der Waals surface area contributed by atoms with Crippen molar-refractivity contribution in [1.29, 1.82) is 0 Å². The average Bonchev–Trinajstić information content (AvgIpc) is 2.34. The summed E-state index contributed by atoms with van der Waals surface area (Å²) < 4.78 is 13.9. The number of nitrogens with one attached hydrogen (secondary N) is 1. The number of nitro benzene ring substituents is 1. The van der Waals surface area contributed by atoms with Crippen LogP contribution in [-0.2, 0) is 6.54 Å². The molecule has 0 aromatic heterocycles. The van der Waals surface area contributed by atoms with Crippen LogP contribution in [0.5, 0.6) is 0 Å². The first-order valence-corrected chi connectivity index (χ1v) is 5.96. The smallest absolute Gasteiger partial charge is 0.305 e. The van der Waals surface area contributed by atoms with Crippen molar-refractivity contribution in [2.75, 3.05) is 19.6 Å². The third-order valence-corrected chi connectivity index (χ3v) is 3.27. The Morgan fingerprint density at radius 2 is 2.39 bits per heavy atom. The van der Waals surface area contributed by atoms with E-state index in [1.54, 1.807) is 6.07 Å². The standard InChI is InChI=1S/C12H16FN3O2/c1-9-7-14-5-6-15(9)8-10-3-2-4-11(12(10)13)16(17)18/h2-4,9,14H,5-8H2,1H3/t9-/m1/s1. The van der Waals surface area contributed by atoms with Crippen molar-refractivity contribution >= 4 is 5.69 Å². The normalized spacial score (nSPS) is 20.9. The molecular formula is C12H16FN3O2. The Labute approximate surface area is 105 Å². The van der Waals surface area contributed by atoms with E-state index in [0.29, 0.717) is 18.2 Å². The van der Waals surface area contributed by atoms with Crippen molar-refractivity contribution in [2.45, 2.75) is 19.5 Å². The van der Waals surface area contributed by atoms with Gasteiger partial charge in [-0.1, -0.05) is 12.1 Å². The van der Waals surface area contributed by atoms with Gasteiger partial charge < -0.3 is 5.32 Å². The second-order valence-electron chi connectivity index (χ2n) is 4.53. The lowest BCUT2D eigenvalue weighted by Gasteiger charge is -2.33. The van der Waals surface area contributed by atoms with Crippen LogP contribution in [0.25, 0.3) is 0 Å². The van der Waals surface area contributed by atoms with Crippen LogP contribution < -0.4 is 5.32 Å². The SMILES string of the molecule is C[C@@H]1CNCCN1Cc1cccc([N+](=O)[O-])c1F. The zero-order valence-electron chi connectivity index (χ0n) is 10.2. The van der Waals surface area contributed by atoms with Crippen molar-refractivity contribution in [3.63, 3.8) is 0 Å². The van der Waals surface area contributed by atoms with Crippen molar-refractivity contribution in [3.8, 4) is 0 Å². The summed E-state index contributed by atoms with van der Waals surface area (Å²) in [6, 6.07) is 4.64. The Hall–Kier alpha value is -1.53. The van der Waals surface area contributed by atoms with Crippen LogP contribution in [0.2, 0.25) is 0 Å². The molecule has 1 aromatic carbocycles. The highest BCUT2D eigenvalue weighted by Crippen LogP contribution is 2.22. The maximum atomic E-state index is 13.9. The zero-order chi connectivity index (χ0) is 13.1. The maximum absolute atomic E-state index is 13.9. The van der Waals surface area contributed by atoms with E-state index in [-0.39, 0.29) is 0 Å². The third kappa shape index (κ3) is 2.65. The number of benzene rings is 1. The summed E-state index contributed by atoms with van der Waals surface area (Å²) in [6.45, 7) is 5.01. The average molecular weight is 253 g/mol. The monoisotopic (exact) mass is 253 g/mol. The lowest BCUT2D eigenvalue weighted by atomic mass is 10.1. The second-order valence-corrected chi connectivity index (χ2v) is 4.53. The largest absolute Gasteiger partial charge is 0.314 e. The van der Waals surface area contributed by atoms with Crippen LogP contribution in [0.3, 0.4) is 0 Å². The van der Waals surface area contributed by atoms with Gasteiger partial charge in [-0.25, -0.2) is 0 Å². The van der Waals surface area contributed by atoms with E-state index in [2.05, 4.69) is 17.1 Å². The fourth-order valence-corrected chi connectivity index (χ4v) is 2.17. The topological polar surface area (TPSA) is 58.4 Å². The molecule has 1 fully saturated rings. The Morgan fingerprint density at radius 1 is 1.61 bits per heavy atom. The molecule has 0 saturated carbocycles. The van der Waals surface area contributed by atoms with Crippen molar-refractivity contribution in [1.82, 2.24) is 10.2 Å². The molecule has 1 heterocycles. The molecule has 1 N–H and O–H groups in total. The first-order chi connectivity index (χ1) is 8.59. The van der Waals surface area contributed by atoms with E-state index >= 15 is 0 Å². The number of piperazine rings is 1. The van der Waals surface area contributed by atoms with E-state index < -0.39 is 16.4 Å². The van der Waals surface area contributed by atoms with Crippen LogP contribution in [0.4, 0.5) is 10.1 Å². The molecule has 1 saturated heterocycles. The number of halogens is 1. The van der Waals surface area contributed by atoms with Gasteiger partial charge in [0.2, 0.25) is 5.82 Å². The van der Waals surface area contributed by atoms with Gasteiger partial charge in [-0.2, -0.15) is 4.39 Å². The third-order valence-electron chi connectivity index (χ3n) is 3.27. The first kappa shape index (κ1) is 12.9. The zero-order valence-corrected chi connectivity index (χ0v) is 10.2. The van der Waals surface area contributed by atoms with Gasteiger partial charge in [0, 0.05) is 43.9 Å². The minimum atomic E-state index is -0.715. The van der Waals surface area contributed by atoms with Gasteiger partial charge in [0.15, 0.2) is 0 Å². The molecule has 1 aliphatic heterocycles. The van der Waals surface area contributed by atoms with Crippen molar-refractivity contribution in [2.24, 2.45) is 0 Å². The number of nitro groups is 1. The lowest BCUT2D eigenvalue weighted by molar-refractivity contribution is -0.387. The first-order valence-electron chi connectivity index (χ1n) is 5.96. The predicted octanol–water partition coefficient (Wildman–Crippen LogP) is 1.53.